The molecule has 4 aromatic rings. The van der Waals surface area contributed by atoms with Crippen LogP contribution in [0.4, 0.5) is 5.82 Å². The Morgan fingerprint density at radius 3 is 2.61 bits per heavy atom. The molecule has 2 heterocycles. The number of unbranched alkanes of at least 4 members (excludes halogenated alkanes) is 2. The first-order chi connectivity index (χ1) is 16.5. The number of fused-ring (bicyclic) bond motifs is 3. The number of aromatic hydroxyl groups is 1. The molecule has 1 atom stereocenters. The van der Waals surface area contributed by atoms with E-state index in [0.717, 1.165) is 47.4 Å². The fourth-order valence-corrected chi connectivity index (χ4v) is 3.99. The maximum Gasteiger partial charge on any atom is 0.204 e. The van der Waals surface area contributed by atoms with E-state index in [1.54, 1.807) is 31.4 Å². The van der Waals surface area contributed by atoms with Crippen LogP contribution < -0.4 is 15.8 Å². The van der Waals surface area contributed by atoms with Crippen molar-refractivity contribution >= 4 is 54.2 Å². The van der Waals surface area contributed by atoms with Gasteiger partial charge in [0.2, 0.25) is 5.65 Å². The van der Waals surface area contributed by atoms with Crippen molar-refractivity contribution in [2.75, 3.05) is 19.0 Å². The Morgan fingerprint density at radius 2 is 1.89 bits per heavy atom. The summed E-state index contributed by atoms with van der Waals surface area (Å²) in [4.78, 5) is 17.1. The van der Waals surface area contributed by atoms with Gasteiger partial charge < -0.3 is 20.9 Å². The molecule has 9 nitrogen and oxygen atoms in total. The standard InChI is InChI=1S/C25H30N6O3.ClH.H2S/c1-16-29-30-25-24(28-21-15-19(34-2)11-12-22(21)31(16)25)27-13-5-3-4-6-23(33)20(26)14-17-7-9-18(32)10-8-17;;/h7-12,15,20,32H,3-6,13-14,26H2,1-2H3,(H,27,28);1H;1H2/t20-;;/m0../s1. The topological polar surface area (TPSA) is 128 Å². The Bertz CT molecular complexity index is 1300. The molecule has 0 saturated carbocycles. The molecule has 2 aromatic heterocycles. The molecular weight excluding hydrogens is 500 g/mol. The average Bonchev–Trinajstić information content (AvgIpc) is 3.24. The Hall–Kier alpha value is -3.08. The molecule has 0 aliphatic rings. The van der Waals surface area contributed by atoms with Crippen molar-refractivity contribution in [3.8, 4) is 11.5 Å². The number of ether oxygens (including phenoxy) is 1. The number of Topliss-reactive ketones (excluding diaryl/α,β-unsaturated/α-hetero) is 1. The third-order valence-corrected chi connectivity index (χ3v) is 5.89. The molecular formula is C25H33ClN6O3S. The number of halogens is 1. The second-order valence-electron chi connectivity index (χ2n) is 8.40. The van der Waals surface area contributed by atoms with Gasteiger partial charge in [0.25, 0.3) is 0 Å². The molecule has 194 valence electrons. The largest absolute Gasteiger partial charge is 0.508 e. The number of nitrogens with zero attached hydrogens (tertiary/aromatic N) is 4. The molecule has 36 heavy (non-hydrogen) atoms. The zero-order chi connectivity index (χ0) is 24.1. The van der Waals surface area contributed by atoms with Gasteiger partial charge in [-0.1, -0.05) is 18.6 Å². The van der Waals surface area contributed by atoms with Gasteiger partial charge in [-0.3, -0.25) is 9.20 Å². The third kappa shape index (κ3) is 6.77. The summed E-state index contributed by atoms with van der Waals surface area (Å²) >= 11 is 0. The maximum absolute atomic E-state index is 12.4. The Balaban J connectivity index is 0.00000228. The van der Waals surface area contributed by atoms with Gasteiger partial charge in [-0.05, 0) is 56.0 Å². The second-order valence-corrected chi connectivity index (χ2v) is 8.40. The van der Waals surface area contributed by atoms with Crippen LogP contribution in [0, 0.1) is 6.92 Å². The van der Waals surface area contributed by atoms with Gasteiger partial charge >= 0.3 is 0 Å². The number of hydrogen-bond donors (Lipinski definition) is 3. The van der Waals surface area contributed by atoms with E-state index in [1.165, 1.54) is 0 Å². The summed E-state index contributed by atoms with van der Waals surface area (Å²) < 4.78 is 7.32. The fraction of sp³-hybridized carbons (Fsp3) is 0.360. The van der Waals surface area contributed by atoms with E-state index in [4.69, 9.17) is 15.5 Å². The van der Waals surface area contributed by atoms with Crippen molar-refractivity contribution in [2.45, 2.75) is 45.1 Å². The van der Waals surface area contributed by atoms with Crippen LogP contribution >= 0.6 is 25.9 Å². The predicted octanol–water partition coefficient (Wildman–Crippen LogP) is 3.95. The first-order valence-corrected chi connectivity index (χ1v) is 11.5. The zero-order valence-corrected chi connectivity index (χ0v) is 22.2. The molecule has 0 unspecified atom stereocenters. The molecule has 0 aliphatic carbocycles. The lowest BCUT2D eigenvalue weighted by atomic mass is 9.99. The molecule has 0 fully saturated rings. The van der Waals surface area contributed by atoms with Crippen LogP contribution in [0.15, 0.2) is 42.5 Å². The summed E-state index contributed by atoms with van der Waals surface area (Å²) in [6.07, 6.45) is 3.50. The minimum Gasteiger partial charge on any atom is -0.508 e. The number of anilines is 1. The lowest BCUT2D eigenvalue weighted by Gasteiger charge is -2.12. The quantitative estimate of drug-likeness (QED) is 0.248. The number of hydrogen-bond acceptors (Lipinski definition) is 8. The number of aryl methyl sites for hydroxylation is 1. The van der Waals surface area contributed by atoms with E-state index in [9.17, 15) is 9.90 Å². The van der Waals surface area contributed by atoms with Crippen LogP contribution in [-0.4, -0.2) is 50.2 Å². The van der Waals surface area contributed by atoms with Gasteiger partial charge in [-0.15, -0.1) is 22.6 Å². The van der Waals surface area contributed by atoms with Gasteiger partial charge in [0, 0.05) is 19.0 Å². The second kappa shape index (κ2) is 13.3. The highest BCUT2D eigenvalue weighted by atomic mass is 35.5. The van der Waals surface area contributed by atoms with Crippen molar-refractivity contribution in [3.63, 3.8) is 0 Å². The van der Waals surface area contributed by atoms with Crippen LogP contribution in [0.5, 0.6) is 11.5 Å². The number of methoxy groups -OCH3 is 1. The van der Waals surface area contributed by atoms with Gasteiger partial charge in [-0.25, -0.2) is 4.98 Å². The minimum atomic E-state index is -0.522. The monoisotopic (exact) mass is 532 g/mol. The van der Waals surface area contributed by atoms with Crippen molar-refractivity contribution < 1.29 is 14.6 Å². The van der Waals surface area contributed by atoms with Crippen molar-refractivity contribution in [2.24, 2.45) is 5.73 Å². The molecule has 0 spiro atoms. The van der Waals surface area contributed by atoms with Crippen LogP contribution in [0.3, 0.4) is 0 Å². The van der Waals surface area contributed by atoms with Crippen LogP contribution in [0.25, 0.3) is 16.7 Å². The number of ketones is 1. The van der Waals surface area contributed by atoms with Crippen molar-refractivity contribution in [1.82, 2.24) is 19.6 Å². The van der Waals surface area contributed by atoms with E-state index in [-0.39, 0.29) is 37.4 Å². The molecule has 4 rings (SSSR count). The van der Waals surface area contributed by atoms with E-state index in [2.05, 4.69) is 15.5 Å². The molecule has 0 saturated heterocycles. The summed E-state index contributed by atoms with van der Waals surface area (Å²) in [7, 11) is 1.63. The number of aromatic nitrogens is 4. The predicted molar refractivity (Wildman–Crippen MR) is 149 cm³/mol. The zero-order valence-electron chi connectivity index (χ0n) is 20.4. The van der Waals surface area contributed by atoms with Crippen molar-refractivity contribution in [3.05, 3.63) is 53.9 Å². The number of carbonyl (C=O) groups excluding carboxylic acids is 1. The highest BCUT2D eigenvalue weighted by Crippen LogP contribution is 2.25. The molecule has 0 bridgehead atoms. The number of phenols is 1. The number of rotatable bonds is 11. The summed E-state index contributed by atoms with van der Waals surface area (Å²) in [5.74, 6) is 2.47. The number of nitrogens with one attached hydrogen (secondary N) is 1. The summed E-state index contributed by atoms with van der Waals surface area (Å²) in [5.41, 5.74) is 9.42. The van der Waals surface area contributed by atoms with Gasteiger partial charge in [0.05, 0.1) is 24.2 Å². The van der Waals surface area contributed by atoms with E-state index in [1.807, 2.05) is 29.5 Å². The summed E-state index contributed by atoms with van der Waals surface area (Å²) in [5, 5.41) is 21.2. The van der Waals surface area contributed by atoms with Gasteiger partial charge in [-0.2, -0.15) is 13.5 Å². The summed E-state index contributed by atoms with van der Waals surface area (Å²) in [6.45, 7) is 2.62. The first-order valence-electron chi connectivity index (χ1n) is 11.5. The smallest absolute Gasteiger partial charge is 0.204 e. The van der Waals surface area contributed by atoms with Crippen LogP contribution in [-0.2, 0) is 11.2 Å². The molecule has 0 amide bonds. The molecule has 0 radical (unpaired) electrons. The Labute approximate surface area is 223 Å². The van der Waals surface area contributed by atoms with Crippen molar-refractivity contribution in [1.29, 1.82) is 0 Å². The molecule has 4 N–H and O–H groups in total. The Morgan fingerprint density at radius 1 is 1.14 bits per heavy atom. The molecule has 11 heteroatoms. The third-order valence-electron chi connectivity index (χ3n) is 5.89. The van der Waals surface area contributed by atoms with E-state index < -0.39 is 6.04 Å². The fourth-order valence-electron chi connectivity index (χ4n) is 3.99. The molecule has 2 aromatic carbocycles. The summed E-state index contributed by atoms with van der Waals surface area (Å²) in [6, 6.07) is 12.0. The highest BCUT2D eigenvalue weighted by molar-refractivity contribution is 7.59. The number of benzene rings is 2. The van der Waals surface area contributed by atoms with Crippen LogP contribution in [0.2, 0.25) is 0 Å². The average molecular weight is 533 g/mol. The van der Waals surface area contributed by atoms with Gasteiger partial charge in [0.1, 0.15) is 23.1 Å². The van der Waals surface area contributed by atoms with E-state index >= 15 is 0 Å². The normalized spacial score (nSPS) is 11.5. The maximum atomic E-state index is 12.4. The minimum absolute atomic E-state index is 0. The molecule has 0 aliphatic heterocycles. The number of phenolic OH excluding ortho intramolecular Hbond substituents is 1. The lowest BCUT2D eigenvalue weighted by molar-refractivity contribution is -0.120. The lowest BCUT2D eigenvalue weighted by Crippen LogP contribution is -2.32. The SMILES string of the molecule is COc1ccc2c(c1)nc(NCCCCCC(=O)[C@@H](N)Cc1ccc(O)cc1)c1nnc(C)n12.Cl.S. The van der Waals surface area contributed by atoms with Gasteiger partial charge in [0.15, 0.2) is 5.82 Å². The van der Waals surface area contributed by atoms with Crippen LogP contribution in [0.1, 0.15) is 37.1 Å². The number of nitrogens with two attached hydrogens (primary N) is 1. The number of carbonyl (C=O) groups is 1. The first kappa shape index (κ1) is 29.2. The highest BCUT2D eigenvalue weighted by Gasteiger charge is 2.15. The van der Waals surface area contributed by atoms with E-state index in [0.29, 0.717) is 30.9 Å². The Kier molecular flexibility index (Phi) is 10.8.